The van der Waals surface area contributed by atoms with Gasteiger partial charge < -0.3 is 9.30 Å². The van der Waals surface area contributed by atoms with Gasteiger partial charge >= 0.3 is 0 Å². The van der Waals surface area contributed by atoms with Crippen molar-refractivity contribution in [2.75, 3.05) is 13.7 Å². The number of ether oxygens (including phenoxy) is 1. The molecular formula is C17H19N3O. The smallest absolute Gasteiger partial charge is 0.101 e. The summed E-state index contributed by atoms with van der Waals surface area (Å²) in [5, 5.41) is 9.36. The number of nitriles is 1. The number of allylic oxidation sites excluding steroid dienone is 1. The molecule has 2 aromatic heterocycles. The molecule has 0 amide bonds. The molecule has 4 heteroatoms. The van der Waals surface area contributed by atoms with Gasteiger partial charge in [-0.15, -0.1) is 0 Å². The van der Waals surface area contributed by atoms with Gasteiger partial charge in [-0.3, -0.25) is 4.98 Å². The summed E-state index contributed by atoms with van der Waals surface area (Å²) in [4.78, 5) is 4.24. The zero-order chi connectivity index (χ0) is 15.2. The first-order valence-electron chi connectivity index (χ1n) is 6.86. The highest BCUT2D eigenvalue weighted by Gasteiger charge is 2.09. The van der Waals surface area contributed by atoms with E-state index in [1.54, 1.807) is 13.3 Å². The Kier molecular flexibility index (Phi) is 4.91. The van der Waals surface area contributed by atoms with Gasteiger partial charge in [0.25, 0.3) is 0 Å². The largest absolute Gasteiger partial charge is 0.383 e. The Bertz CT molecular complexity index is 678. The van der Waals surface area contributed by atoms with Crippen LogP contribution in [0.3, 0.4) is 0 Å². The van der Waals surface area contributed by atoms with Crippen LogP contribution in [0.4, 0.5) is 0 Å². The molecule has 0 aliphatic heterocycles. The van der Waals surface area contributed by atoms with E-state index in [9.17, 15) is 5.26 Å². The van der Waals surface area contributed by atoms with Crippen LogP contribution in [0.15, 0.2) is 30.5 Å². The van der Waals surface area contributed by atoms with Crippen LogP contribution in [-0.2, 0) is 11.3 Å². The summed E-state index contributed by atoms with van der Waals surface area (Å²) in [5.41, 5.74) is 4.61. The number of hydrogen-bond acceptors (Lipinski definition) is 3. The average molecular weight is 281 g/mol. The summed E-state index contributed by atoms with van der Waals surface area (Å²) in [6.45, 7) is 5.60. The van der Waals surface area contributed by atoms with Gasteiger partial charge in [0.05, 0.1) is 17.9 Å². The molecule has 0 fully saturated rings. The fourth-order valence-electron chi connectivity index (χ4n) is 2.34. The van der Waals surface area contributed by atoms with Crippen molar-refractivity contribution in [3.63, 3.8) is 0 Å². The number of rotatable bonds is 5. The van der Waals surface area contributed by atoms with Crippen molar-refractivity contribution < 1.29 is 4.74 Å². The van der Waals surface area contributed by atoms with Crippen LogP contribution in [0.25, 0.3) is 11.6 Å². The highest BCUT2D eigenvalue weighted by Crippen LogP contribution is 2.21. The third kappa shape index (κ3) is 3.39. The van der Waals surface area contributed by atoms with Crippen LogP contribution in [0.5, 0.6) is 0 Å². The second-order valence-corrected chi connectivity index (χ2v) is 4.86. The molecule has 0 radical (unpaired) electrons. The van der Waals surface area contributed by atoms with Crippen LogP contribution >= 0.6 is 0 Å². The van der Waals surface area contributed by atoms with E-state index in [0.717, 1.165) is 23.5 Å². The minimum atomic E-state index is 0.572. The lowest BCUT2D eigenvalue weighted by molar-refractivity contribution is 0.186. The summed E-state index contributed by atoms with van der Waals surface area (Å²) in [6.07, 6.45) is 3.59. The van der Waals surface area contributed by atoms with Crippen molar-refractivity contribution in [2.45, 2.75) is 20.4 Å². The van der Waals surface area contributed by atoms with Gasteiger partial charge in [-0.1, -0.05) is 6.07 Å². The maximum absolute atomic E-state index is 9.36. The quantitative estimate of drug-likeness (QED) is 0.791. The molecular weight excluding hydrogens is 262 g/mol. The molecule has 0 bridgehead atoms. The predicted octanol–water partition coefficient (Wildman–Crippen LogP) is 3.21. The Hall–Kier alpha value is -2.38. The Morgan fingerprint density at radius 1 is 1.43 bits per heavy atom. The minimum absolute atomic E-state index is 0.572. The molecule has 0 aromatic carbocycles. The molecule has 0 atom stereocenters. The van der Waals surface area contributed by atoms with E-state index in [1.807, 2.05) is 24.3 Å². The summed E-state index contributed by atoms with van der Waals surface area (Å²) < 4.78 is 7.34. The number of pyridine rings is 1. The zero-order valence-corrected chi connectivity index (χ0v) is 12.6. The van der Waals surface area contributed by atoms with Crippen molar-refractivity contribution in [2.24, 2.45) is 0 Å². The maximum atomic E-state index is 9.36. The number of hydrogen-bond donors (Lipinski definition) is 0. The van der Waals surface area contributed by atoms with Gasteiger partial charge in [-0.25, -0.2) is 0 Å². The van der Waals surface area contributed by atoms with Crippen LogP contribution < -0.4 is 0 Å². The van der Waals surface area contributed by atoms with Gasteiger partial charge in [0.1, 0.15) is 6.07 Å². The van der Waals surface area contributed by atoms with Crippen LogP contribution in [-0.4, -0.2) is 23.3 Å². The van der Waals surface area contributed by atoms with Crippen LogP contribution in [0.1, 0.15) is 22.6 Å². The second kappa shape index (κ2) is 6.87. The molecule has 0 N–H and O–H groups in total. The Morgan fingerprint density at radius 3 is 2.86 bits per heavy atom. The van der Waals surface area contributed by atoms with E-state index in [1.165, 1.54) is 0 Å². The fraction of sp³-hybridized carbons (Fsp3) is 0.294. The number of aryl methyl sites for hydroxylation is 1. The van der Waals surface area contributed by atoms with E-state index < -0.39 is 0 Å². The zero-order valence-electron chi connectivity index (χ0n) is 12.6. The van der Waals surface area contributed by atoms with E-state index in [0.29, 0.717) is 17.9 Å². The molecule has 0 unspecified atom stereocenters. The molecule has 4 nitrogen and oxygen atoms in total. The van der Waals surface area contributed by atoms with Crippen molar-refractivity contribution in [3.05, 3.63) is 53.1 Å². The Balaban J connectivity index is 2.38. The number of methoxy groups -OCH3 is 1. The normalized spacial score (nSPS) is 11.4. The van der Waals surface area contributed by atoms with E-state index in [-0.39, 0.29) is 0 Å². The molecule has 0 aliphatic carbocycles. The maximum Gasteiger partial charge on any atom is 0.101 e. The van der Waals surface area contributed by atoms with Gasteiger partial charge in [-0.05, 0) is 43.7 Å². The second-order valence-electron chi connectivity index (χ2n) is 4.86. The lowest BCUT2D eigenvalue weighted by atomic mass is 10.1. The van der Waals surface area contributed by atoms with E-state index in [4.69, 9.17) is 4.74 Å². The molecule has 2 aromatic rings. The minimum Gasteiger partial charge on any atom is -0.383 e. The van der Waals surface area contributed by atoms with Crippen molar-refractivity contribution in [1.29, 1.82) is 5.26 Å². The van der Waals surface area contributed by atoms with Crippen molar-refractivity contribution in [1.82, 2.24) is 9.55 Å². The topological polar surface area (TPSA) is 50.8 Å². The van der Waals surface area contributed by atoms with Crippen LogP contribution in [0.2, 0.25) is 0 Å². The first-order valence-corrected chi connectivity index (χ1v) is 6.86. The SMILES string of the molecule is COCCn1c(C)cc(/C=C(\C#N)c2ccccn2)c1C. The average Bonchev–Trinajstić information content (AvgIpc) is 2.77. The standard InChI is InChI=1S/C17H19N3O/c1-13-10-15(14(2)20(13)8-9-21-3)11-16(12-18)17-6-4-5-7-19-17/h4-7,10-11H,8-9H2,1-3H3/b16-11+. The predicted molar refractivity (Wildman–Crippen MR) is 83.5 cm³/mol. The highest BCUT2D eigenvalue weighted by atomic mass is 16.5. The molecule has 0 saturated heterocycles. The van der Waals surface area contributed by atoms with Crippen molar-refractivity contribution >= 4 is 11.6 Å². The molecule has 2 heterocycles. The molecule has 0 aliphatic rings. The number of aromatic nitrogens is 2. The van der Waals surface area contributed by atoms with Gasteiger partial charge in [0.15, 0.2) is 0 Å². The summed E-state index contributed by atoms with van der Waals surface area (Å²) in [6, 6.07) is 9.89. The van der Waals surface area contributed by atoms with Crippen molar-refractivity contribution in [3.8, 4) is 6.07 Å². The summed E-state index contributed by atoms with van der Waals surface area (Å²) in [7, 11) is 1.70. The van der Waals surface area contributed by atoms with E-state index in [2.05, 4.69) is 35.5 Å². The molecule has 0 spiro atoms. The van der Waals surface area contributed by atoms with Crippen LogP contribution in [0, 0.1) is 25.2 Å². The fourth-order valence-corrected chi connectivity index (χ4v) is 2.34. The highest BCUT2D eigenvalue weighted by molar-refractivity contribution is 5.88. The lowest BCUT2D eigenvalue weighted by Crippen LogP contribution is -2.07. The molecule has 108 valence electrons. The molecule has 2 rings (SSSR count). The third-order valence-corrected chi connectivity index (χ3v) is 3.49. The van der Waals surface area contributed by atoms with Gasteiger partial charge in [0.2, 0.25) is 0 Å². The lowest BCUT2D eigenvalue weighted by Gasteiger charge is -2.08. The first kappa shape index (κ1) is 15.0. The van der Waals surface area contributed by atoms with E-state index >= 15 is 0 Å². The molecule has 21 heavy (non-hydrogen) atoms. The third-order valence-electron chi connectivity index (χ3n) is 3.49. The number of nitrogens with zero attached hydrogens (tertiary/aromatic N) is 3. The first-order chi connectivity index (χ1) is 10.2. The Labute approximate surface area is 125 Å². The molecule has 0 saturated carbocycles. The van der Waals surface area contributed by atoms with Gasteiger partial charge in [-0.2, -0.15) is 5.26 Å². The Morgan fingerprint density at radius 2 is 2.24 bits per heavy atom. The van der Waals surface area contributed by atoms with Gasteiger partial charge in [0, 0.05) is 31.2 Å². The monoisotopic (exact) mass is 281 g/mol. The summed E-state index contributed by atoms with van der Waals surface area (Å²) in [5.74, 6) is 0. The summed E-state index contributed by atoms with van der Waals surface area (Å²) >= 11 is 0.